The van der Waals surface area contributed by atoms with Crippen LogP contribution in [0.4, 0.5) is 26.5 Å². The molecule has 0 atom stereocenters. The summed E-state index contributed by atoms with van der Waals surface area (Å²) in [5.41, 5.74) is 7.62. The van der Waals surface area contributed by atoms with Gasteiger partial charge in [0.1, 0.15) is 11.5 Å². The van der Waals surface area contributed by atoms with Gasteiger partial charge in [-0.15, -0.1) is 11.3 Å². The molecule has 2 amide bonds. The Labute approximate surface area is 224 Å². The Morgan fingerprint density at radius 1 is 1.05 bits per heavy atom. The second-order valence-electron chi connectivity index (χ2n) is 9.45. The van der Waals surface area contributed by atoms with Gasteiger partial charge in [0.15, 0.2) is 9.84 Å². The molecule has 2 heterocycles. The van der Waals surface area contributed by atoms with Crippen molar-refractivity contribution >= 4 is 44.5 Å². The van der Waals surface area contributed by atoms with E-state index in [1.54, 1.807) is 25.3 Å². The highest BCUT2D eigenvalue weighted by Gasteiger charge is 2.24. The van der Waals surface area contributed by atoms with Gasteiger partial charge >= 0.3 is 6.03 Å². The van der Waals surface area contributed by atoms with Crippen molar-refractivity contribution in [2.75, 3.05) is 22.1 Å². The summed E-state index contributed by atoms with van der Waals surface area (Å²) in [6.07, 6.45) is 1.55. The molecule has 0 saturated heterocycles. The van der Waals surface area contributed by atoms with Crippen LogP contribution in [0.1, 0.15) is 32.7 Å². The number of carbonyl (C=O) groups is 1. The van der Waals surface area contributed by atoms with Crippen LogP contribution in [-0.4, -0.2) is 35.2 Å². The van der Waals surface area contributed by atoms with Crippen LogP contribution in [0.3, 0.4) is 0 Å². The molecule has 0 unspecified atom stereocenters. The minimum Gasteiger partial charge on any atom is -0.368 e. The zero-order chi connectivity index (χ0) is 27.7. The third kappa shape index (κ3) is 5.97. The van der Waals surface area contributed by atoms with Crippen molar-refractivity contribution in [2.24, 2.45) is 0 Å². The van der Waals surface area contributed by atoms with E-state index in [9.17, 15) is 17.6 Å². The van der Waals surface area contributed by atoms with Gasteiger partial charge in [0.2, 0.25) is 5.95 Å². The fourth-order valence-corrected chi connectivity index (χ4v) is 5.49. The number of anilines is 3. The molecule has 4 N–H and O–H groups in total. The molecular weight excluding hydrogens is 527 g/mol. The summed E-state index contributed by atoms with van der Waals surface area (Å²) in [6.45, 7) is 7.68. The lowest BCUT2D eigenvalue weighted by Crippen LogP contribution is -2.20. The normalized spacial score (nSPS) is 11.8. The van der Waals surface area contributed by atoms with Crippen LogP contribution in [0.15, 0.2) is 59.6 Å². The summed E-state index contributed by atoms with van der Waals surface area (Å²) in [4.78, 5) is 26.6. The van der Waals surface area contributed by atoms with Crippen LogP contribution in [0.25, 0.3) is 21.8 Å². The number of hydrogen-bond donors (Lipinski definition) is 3. The third-order valence-corrected chi connectivity index (χ3v) is 8.79. The van der Waals surface area contributed by atoms with Gasteiger partial charge in [-0.3, -0.25) is 0 Å². The van der Waals surface area contributed by atoms with Crippen molar-refractivity contribution in [2.45, 2.75) is 38.0 Å². The number of nitrogen functional groups attached to an aromatic ring is 1. The van der Waals surface area contributed by atoms with Crippen LogP contribution in [0.5, 0.6) is 0 Å². The highest BCUT2D eigenvalue weighted by Crippen LogP contribution is 2.41. The Kier molecular flexibility index (Phi) is 7.47. The first-order chi connectivity index (χ1) is 17.9. The molecule has 0 aliphatic heterocycles. The number of urea groups is 1. The molecule has 0 spiro atoms. The molecule has 0 fully saturated rings. The maximum Gasteiger partial charge on any atom is 0.323 e. The molecule has 2 aromatic heterocycles. The Bertz CT molecular complexity index is 1600. The second kappa shape index (κ2) is 10.5. The van der Waals surface area contributed by atoms with Gasteiger partial charge in [-0.1, -0.05) is 33.8 Å². The summed E-state index contributed by atoms with van der Waals surface area (Å²) in [7, 11) is -3.36. The van der Waals surface area contributed by atoms with Crippen molar-refractivity contribution in [1.29, 1.82) is 0 Å². The van der Waals surface area contributed by atoms with E-state index in [4.69, 9.17) is 10.7 Å². The number of nitrogens with two attached hydrogens (primary N) is 1. The van der Waals surface area contributed by atoms with E-state index in [-0.39, 0.29) is 27.7 Å². The molecule has 4 rings (SSSR count). The van der Waals surface area contributed by atoms with E-state index in [0.29, 0.717) is 22.6 Å². The van der Waals surface area contributed by atoms with Gasteiger partial charge in [0.25, 0.3) is 0 Å². The monoisotopic (exact) mass is 554 g/mol. The third-order valence-electron chi connectivity index (χ3n) is 5.51. The van der Waals surface area contributed by atoms with Crippen LogP contribution < -0.4 is 16.4 Å². The first-order valence-corrected chi connectivity index (χ1v) is 14.1. The largest absolute Gasteiger partial charge is 0.368 e. The molecule has 38 heavy (non-hydrogen) atoms. The number of benzene rings is 2. The summed E-state index contributed by atoms with van der Waals surface area (Å²) < 4.78 is 38.7. The summed E-state index contributed by atoms with van der Waals surface area (Å²) >= 11 is 1.45. The van der Waals surface area contributed by atoms with Gasteiger partial charge in [-0.05, 0) is 48.0 Å². The minimum absolute atomic E-state index is 0.0286. The van der Waals surface area contributed by atoms with E-state index in [2.05, 4.69) is 20.6 Å². The summed E-state index contributed by atoms with van der Waals surface area (Å²) in [6, 6.07) is 11.2. The minimum atomic E-state index is -3.36. The van der Waals surface area contributed by atoms with Gasteiger partial charge in [0, 0.05) is 17.3 Å². The maximum absolute atomic E-state index is 14.7. The number of amides is 2. The zero-order valence-electron chi connectivity index (χ0n) is 21.2. The highest BCUT2D eigenvalue weighted by atomic mass is 32.2. The van der Waals surface area contributed by atoms with Crippen molar-refractivity contribution in [3.8, 4) is 21.8 Å². The lowest BCUT2D eigenvalue weighted by Gasteiger charge is -2.13. The summed E-state index contributed by atoms with van der Waals surface area (Å²) in [5, 5.41) is 5.97. The van der Waals surface area contributed by atoms with Crippen LogP contribution in [0, 0.1) is 5.82 Å². The molecule has 0 aliphatic rings. The quantitative estimate of drug-likeness (QED) is 0.277. The zero-order valence-corrected chi connectivity index (χ0v) is 22.9. The smallest absolute Gasteiger partial charge is 0.323 e. The van der Waals surface area contributed by atoms with Crippen LogP contribution >= 0.6 is 11.3 Å². The number of halogens is 1. The molecule has 9 nitrogen and oxygen atoms in total. The Hall–Kier alpha value is -3.90. The van der Waals surface area contributed by atoms with Gasteiger partial charge < -0.3 is 16.4 Å². The molecular formula is C26H27FN6O3S2. The number of thiazole rings is 1. The van der Waals surface area contributed by atoms with E-state index < -0.39 is 21.7 Å². The Balaban J connectivity index is 1.63. The van der Waals surface area contributed by atoms with E-state index >= 15 is 0 Å². The van der Waals surface area contributed by atoms with Crippen molar-refractivity contribution in [1.82, 2.24) is 15.0 Å². The molecule has 4 aromatic rings. The van der Waals surface area contributed by atoms with E-state index in [0.717, 1.165) is 9.88 Å². The molecule has 12 heteroatoms. The SMILES string of the molecule is CCS(=O)(=O)c1ccc(NC(=O)Nc2cc(-c3sc(C(C)(C)C)nc3-c3ccnc(N)n3)ccc2F)cc1. The Morgan fingerprint density at radius 3 is 2.39 bits per heavy atom. The summed E-state index contributed by atoms with van der Waals surface area (Å²) in [5.74, 6) is -0.543. The number of nitrogens with one attached hydrogen (secondary N) is 2. The first kappa shape index (κ1) is 27.1. The average Bonchev–Trinajstić information content (AvgIpc) is 3.32. The number of aromatic nitrogens is 3. The Morgan fingerprint density at radius 2 is 1.76 bits per heavy atom. The topological polar surface area (TPSA) is 140 Å². The van der Waals surface area contributed by atoms with Crippen LogP contribution in [0.2, 0.25) is 0 Å². The number of rotatable bonds is 6. The van der Waals surface area contributed by atoms with Crippen molar-refractivity contribution < 1.29 is 17.6 Å². The van der Waals surface area contributed by atoms with Crippen molar-refractivity contribution in [3.05, 3.63) is 65.6 Å². The van der Waals surface area contributed by atoms with Gasteiger partial charge in [-0.2, -0.15) is 0 Å². The molecule has 2 aromatic carbocycles. The maximum atomic E-state index is 14.7. The lowest BCUT2D eigenvalue weighted by molar-refractivity contribution is 0.262. The molecule has 0 bridgehead atoms. The van der Waals surface area contributed by atoms with E-state index in [1.807, 2.05) is 20.8 Å². The van der Waals surface area contributed by atoms with Gasteiger partial charge in [0.05, 0.1) is 31.9 Å². The molecule has 0 saturated carbocycles. The number of nitrogens with zero attached hydrogens (tertiary/aromatic N) is 3. The predicted octanol–water partition coefficient (Wildman–Crippen LogP) is 5.72. The predicted molar refractivity (Wildman–Crippen MR) is 148 cm³/mol. The molecule has 0 aliphatic carbocycles. The first-order valence-electron chi connectivity index (χ1n) is 11.7. The fourth-order valence-electron chi connectivity index (χ4n) is 3.48. The standard InChI is InChI=1S/C26H27FN6O3S2/c1-5-38(35,36)17-9-7-16(8-10-17)30-25(34)32-20-14-15(6-11-18(20)27)22-21(19-12-13-29-24(28)31-19)33-23(37-22)26(2,3)4/h6-14H,5H2,1-4H3,(H2,28,29,31)(H2,30,32,34). The molecule has 0 radical (unpaired) electrons. The van der Waals surface area contributed by atoms with E-state index in [1.165, 1.54) is 47.7 Å². The number of carbonyl (C=O) groups excluding carboxylic acids is 1. The van der Waals surface area contributed by atoms with Crippen LogP contribution in [-0.2, 0) is 15.3 Å². The fraction of sp³-hybridized carbons (Fsp3) is 0.231. The average molecular weight is 555 g/mol. The highest BCUT2D eigenvalue weighted by molar-refractivity contribution is 7.91. The number of sulfone groups is 1. The van der Waals surface area contributed by atoms with Gasteiger partial charge in [-0.25, -0.2) is 32.6 Å². The lowest BCUT2D eigenvalue weighted by atomic mass is 9.98. The van der Waals surface area contributed by atoms with Crippen molar-refractivity contribution in [3.63, 3.8) is 0 Å². The molecule has 198 valence electrons. The second-order valence-corrected chi connectivity index (χ2v) is 12.7. The number of hydrogen-bond acceptors (Lipinski definition) is 8.